The van der Waals surface area contributed by atoms with Crippen LogP contribution in [0.15, 0.2) is 34.9 Å². The van der Waals surface area contributed by atoms with Crippen molar-refractivity contribution in [3.63, 3.8) is 0 Å². The summed E-state index contributed by atoms with van der Waals surface area (Å²) >= 11 is 1.87. The number of hydrogen-bond donors (Lipinski definition) is 1. The van der Waals surface area contributed by atoms with Gasteiger partial charge in [-0.3, -0.25) is 4.90 Å². The van der Waals surface area contributed by atoms with E-state index in [-0.39, 0.29) is 0 Å². The molecular formula is C16H22N2OS. The Hall–Kier alpha value is -1.10. The van der Waals surface area contributed by atoms with Crippen LogP contribution in [-0.2, 0) is 6.54 Å². The number of nitrogens with zero attached hydrogens (tertiary/aromatic N) is 1. The van der Waals surface area contributed by atoms with Gasteiger partial charge in [0, 0.05) is 22.8 Å². The summed E-state index contributed by atoms with van der Waals surface area (Å²) < 4.78 is 5.64. The SMILES string of the molecule is Cc1ccc(CNC[C@@H](c2ccco2)N2CCCC2)s1. The molecule has 1 N–H and O–H groups in total. The lowest BCUT2D eigenvalue weighted by atomic mass is 10.2. The summed E-state index contributed by atoms with van der Waals surface area (Å²) in [5, 5.41) is 3.59. The van der Waals surface area contributed by atoms with Crippen molar-refractivity contribution >= 4 is 11.3 Å². The van der Waals surface area contributed by atoms with Crippen LogP contribution in [-0.4, -0.2) is 24.5 Å². The van der Waals surface area contributed by atoms with E-state index < -0.39 is 0 Å². The molecule has 0 amide bonds. The van der Waals surface area contributed by atoms with Crippen molar-refractivity contribution in [2.75, 3.05) is 19.6 Å². The van der Waals surface area contributed by atoms with Crippen LogP contribution >= 0.6 is 11.3 Å². The number of aryl methyl sites for hydroxylation is 1. The van der Waals surface area contributed by atoms with Crippen LogP contribution in [0.1, 0.15) is 34.4 Å². The maximum absolute atomic E-state index is 5.64. The van der Waals surface area contributed by atoms with E-state index in [1.54, 1.807) is 6.26 Å². The molecule has 0 spiro atoms. The van der Waals surface area contributed by atoms with Crippen LogP contribution in [0.2, 0.25) is 0 Å². The van der Waals surface area contributed by atoms with E-state index >= 15 is 0 Å². The van der Waals surface area contributed by atoms with E-state index in [9.17, 15) is 0 Å². The van der Waals surface area contributed by atoms with Crippen molar-refractivity contribution in [2.24, 2.45) is 0 Å². The minimum Gasteiger partial charge on any atom is -0.468 e. The highest BCUT2D eigenvalue weighted by Crippen LogP contribution is 2.25. The van der Waals surface area contributed by atoms with E-state index in [4.69, 9.17) is 4.42 Å². The van der Waals surface area contributed by atoms with Gasteiger partial charge in [0.15, 0.2) is 0 Å². The van der Waals surface area contributed by atoms with Crippen LogP contribution in [0.3, 0.4) is 0 Å². The van der Waals surface area contributed by atoms with E-state index in [0.29, 0.717) is 6.04 Å². The van der Waals surface area contributed by atoms with Gasteiger partial charge in [-0.05, 0) is 57.1 Å². The normalized spacial score (nSPS) is 17.6. The summed E-state index contributed by atoms with van der Waals surface area (Å²) in [6.07, 6.45) is 4.39. The molecule has 0 aromatic carbocycles. The molecule has 108 valence electrons. The molecule has 2 aromatic heterocycles. The number of nitrogens with one attached hydrogen (secondary N) is 1. The Bertz CT molecular complexity index is 514. The summed E-state index contributed by atoms with van der Waals surface area (Å²) in [6.45, 7) is 6.42. The first kappa shape index (κ1) is 13.9. The zero-order chi connectivity index (χ0) is 13.8. The highest BCUT2D eigenvalue weighted by molar-refractivity contribution is 7.11. The lowest BCUT2D eigenvalue weighted by Gasteiger charge is -2.26. The topological polar surface area (TPSA) is 28.4 Å². The Balaban J connectivity index is 1.58. The molecule has 3 rings (SSSR count). The van der Waals surface area contributed by atoms with Gasteiger partial charge in [-0.25, -0.2) is 0 Å². The molecule has 2 aromatic rings. The molecular weight excluding hydrogens is 268 g/mol. The number of thiophene rings is 1. The third-order valence-corrected chi connectivity index (χ3v) is 4.89. The molecule has 1 saturated heterocycles. The van der Waals surface area contributed by atoms with Crippen molar-refractivity contribution in [2.45, 2.75) is 32.4 Å². The zero-order valence-electron chi connectivity index (χ0n) is 12.0. The van der Waals surface area contributed by atoms with Crippen molar-refractivity contribution in [3.8, 4) is 0 Å². The fourth-order valence-corrected chi connectivity index (χ4v) is 3.72. The zero-order valence-corrected chi connectivity index (χ0v) is 12.8. The third-order valence-electron chi connectivity index (χ3n) is 3.89. The molecule has 1 atom stereocenters. The predicted molar refractivity (Wildman–Crippen MR) is 83.0 cm³/mol. The van der Waals surface area contributed by atoms with Crippen molar-refractivity contribution in [3.05, 3.63) is 46.0 Å². The van der Waals surface area contributed by atoms with Crippen LogP contribution in [0.5, 0.6) is 0 Å². The predicted octanol–water partition coefficient (Wildman–Crippen LogP) is 3.58. The Morgan fingerprint density at radius 3 is 2.80 bits per heavy atom. The quantitative estimate of drug-likeness (QED) is 0.881. The summed E-state index contributed by atoms with van der Waals surface area (Å²) in [7, 11) is 0. The molecule has 4 heteroatoms. The summed E-state index contributed by atoms with van der Waals surface area (Å²) in [5.41, 5.74) is 0. The molecule has 0 bridgehead atoms. The first-order valence-corrected chi connectivity index (χ1v) is 8.18. The highest BCUT2D eigenvalue weighted by Gasteiger charge is 2.24. The van der Waals surface area contributed by atoms with Gasteiger partial charge in [0.05, 0.1) is 12.3 Å². The second kappa shape index (κ2) is 6.57. The summed E-state index contributed by atoms with van der Waals surface area (Å²) in [5.74, 6) is 1.08. The molecule has 1 fully saturated rings. The Kier molecular flexibility index (Phi) is 4.55. The minimum absolute atomic E-state index is 0.369. The van der Waals surface area contributed by atoms with E-state index in [2.05, 4.69) is 35.3 Å². The summed E-state index contributed by atoms with van der Waals surface area (Å²) in [4.78, 5) is 5.32. The van der Waals surface area contributed by atoms with Gasteiger partial charge in [0.25, 0.3) is 0 Å². The molecule has 3 heterocycles. The fourth-order valence-electron chi connectivity index (χ4n) is 2.86. The van der Waals surface area contributed by atoms with E-state index in [0.717, 1.165) is 18.8 Å². The molecule has 0 radical (unpaired) electrons. The maximum Gasteiger partial charge on any atom is 0.122 e. The lowest BCUT2D eigenvalue weighted by Crippen LogP contribution is -2.33. The number of hydrogen-bond acceptors (Lipinski definition) is 4. The lowest BCUT2D eigenvalue weighted by molar-refractivity contribution is 0.209. The van der Waals surface area contributed by atoms with Crippen LogP contribution in [0.4, 0.5) is 0 Å². The standard InChI is InChI=1S/C16H22N2OS/c1-13-6-7-14(20-13)11-17-12-15(16-5-4-10-19-16)18-8-2-3-9-18/h4-7,10,15,17H,2-3,8-9,11-12H2,1H3/t15-/m0/s1. The molecule has 0 aliphatic carbocycles. The average Bonchev–Trinajstić information content (AvgIpc) is 3.18. The average molecular weight is 290 g/mol. The minimum atomic E-state index is 0.369. The van der Waals surface area contributed by atoms with Crippen molar-refractivity contribution < 1.29 is 4.42 Å². The molecule has 1 aliphatic heterocycles. The van der Waals surface area contributed by atoms with E-state index in [1.807, 2.05) is 17.4 Å². The highest BCUT2D eigenvalue weighted by atomic mass is 32.1. The van der Waals surface area contributed by atoms with Crippen molar-refractivity contribution in [1.29, 1.82) is 0 Å². The van der Waals surface area contributed by atoms with Crippen LogP contribution in [0.25, 0.3) is 0 Å². The van der Waals surface area contributed by atoms with Gasteiger partial charge in [0.2, 0.25) is 0 Å². The molecule has 0 unspecified atom stereocenters. The number of likely N-dealkylation sites (tertiary alicyclic amines) is 1. The van der Waals surface area contributed by atoms with Crippen LogP contribution < -0.4 is 5.32 Å². The van der Waals surface area contributed by atoms with Crippen LogP contribution in [0, 0.1) is 6.92 Å². The first-order valence-electron chi connectivity index (χ1n) is 7.36. The Labute approximate surface area is 124 Å². The van der Waals surface area contributed by atoms with Gasteiger partial charge in [0.1, 0.15) is 5.76 Å². The van der Waals surface area contributed by atoms with Gasteiger partial charge < -0.3 is 9.73 Å². The van der Waals surface area contributed by atoms with Gasteiger partial charge in [-0.1, -0.05) is 0 Å². The molecule has 1 aliphatic rings. The van der Waals surface area contributed by atoms with Gasteiger partial charge in [-0.15, -0.1) is 11.3 Å². The smallest absolute Gasteiger partial charge is 0.122 e. The first-order chi connectivity index (χ1) is 9.83. The fraction of sp³-hybridized carbons (Fsp3) is 0.500. The van der Waals surface area contributed by atoms with Gasteiger partial charge >= 0.3 is 0 Å². The largest absolute Gasteiger partial charge is 0.468 e. The molecule has 3 nitrogen and oxygen atoms in total. The third kappa shape index (κ3) is 3.32. The second-order valence-electron chi connectivity index (χ2n) is 5.42. The Morgan fingerprint density at radius 2 is 2.15 bits per heavy atom. The molecule has 0 saturated carbocycles. The second-order valence-corrected chi connectivity index (χ2v) is 6.79. The molecule has 20 heavy (non-hydrogen) atoms. The number of rotatable bonds is 6. The van der Waals surface area contributed by atoms with Crippen molar-refractivity contribution in [1.82, 2.24) is 10.2 Å². The van der Waals surface area contributed by atoms with Gasteiger partial charge in [-0.2, -0.15) is 0 Å². The monoisotopic (exact) mass is 290 g/mol. The Morgan fingerprint density at radius 1 is 1.30 bits per heavy atom. The summed E-state index contributed by atoms with van der Waals surface area (Å²) in [6, 6.07) is 8.85. The number of furan rings is 1. The maximum atomic E-state index is 5.64. The van der Waals surface area contributed by atoms with E-state index in [1.165, 1.54) is 35.7 Å².